The van der Waals surface area contributed by atoms with Crippen LogP contribution in [0.15, 0.2) is 0 Å². The summed E-state index contributed by atoms with van der Waals surface area (Å²) in [4.78, 5) is 15.7. The maximum atomic E-state index is 11.9. The summed E-state index contributed by atoms with van der Waals surface area (Å²) < 4.78 is 0. The summed E-state index contributed by atoms with van der Waals surface area (Å²) in [7, 11) is 7.83. The van der Waals surface area contributed by atoms with Gasteiger partial charge in [0, 0.05) is 19.1 Å². The van der Waals surface area contributed by atoms with Crippen LogP contribution in [0.4, 0.5) is 0 Å². The van der Waals surface area contributed by atoms with E-state index in [1.807, 2.05) is 38.0 Å². The Balaban J connectivity index is 2.37. The summed E-state index contributed by atoms with van der Waals surface area (Å²) in [5.41, 5.74) is 0. The second-order valence-corrected chi connectivity index (χ2v) is 5.04. The van der Waals surface area contributed by atoms with Crippen LogP contribution in [0.3, 0.4) is 0 Å². The van der Waals surface area contributed by atoms with Crippen molar-refractivity contribution in [1.29, 1.82) is 0 Å². The summed E-state index contributed by atoms with van der Waals surface area (Å²) in [6.45, 7) is 0.516. The SMILES string of the molecule is CNC1CCC(N(C)C(=O)CN(C)C)CC1. The fourth-order valence-electron chi connectivity index (χ4n) is 2.34. The molecule has 1 saturated carbocycles. The van der Waals surface area contributed by atoms with Crippen LogP contribution in [0.25, 0.3) is 0 Å². The van der Waals surface area contributed by atoms with Crippen LogP contribution in [0, 0.1) is 0 Å². The van der Waals surface area contributed by atoms with Crippen molar-refractivity contribution in [1.82, 2.24) is 15.1 Å². The summed E-state index contributed by atoms with van der Waals surface area (Å²) in [5.74, 6) is 0.234. The average Bonchev–Trinajstić information content (AvgIpc) is 2.27. The third-order valence-corrected chi connectivity index (χ3v) is 3.50. The number of likely N-dealkylation sites (N-methyl/N-ethyl adjacent to an activating group) is 2. The van der Waals surface area contributed by atoms with Crippen LogP contribution in [-0.4, -0.2) is 62.5 Å². The molecule has 0 atom stereocenters. The van der Waals surface area contributed by atoms with Gasteiger partial charge in [-0.3, -0.25) is 4.79 Å². The van der Waals surface area contributed by atoms with E-state index < -0.39 is 0 Å². The van der Waals surface area contributed by atoms with Crippen LogP contribution < -0.4 is 5.32 Å². The molecule has 1 aliphatic rings. The number of hydrogen-bond acceptors (Lipinski definition) is 3. The van der Waals surface area contributed by atoms with Gasteiger partial charge >= 0.3 is 0 Å². The average molecular weight is 227 g/mol. The fraction of sp³-hybridized carbons (Fsp3) is 0.917. The number of nitrogens with one attached hydrogen (secondary N) is 1. The maximum absolute atomic E-state index is 11.9. The van der Waals surface area contributed by atoms with Crippen LogP contribution in [0.5, 0.6) is 0 Å². The largest absolute Gasteiger partial charge is 0.342 e. The van der Waals surface area contributed by atoms with E-state index >= 15 is 0 Å². The third-order valence-electron chi connectivity index (χ3n) is 3.50. The Morgan fingerprint density at radius 1 is 1.19 bits per heavy atom. The van der Waals surface area contributed by atoms with Crippen molar-refractivity contribution in [2.45, 2.75) is 37.8 Å². The van der Waals surface area contributed by atoms with Gasteiger partial charge in [0.2, 0.25) is 5.91 Å². The lowest BCUT2D eigenvalue weighted by molar-refractivity contribution is -0.133. The Labute approximate surface area is 99.0 Å². The van der Waals surface area contributed by atoms with E-state index in [4.69, 9.17) is 0 Å². The Hall–Kier alpha value is -0.610. The minimum atomic E-state index is 0.234. The summed E-state index contributed by atoms with van der Waals surface area (Å²) in [6, 6.07) is 1.09. The Kier molecular flexibility index (Phi) is 5.22. The molecule has 0 unspecified atom stereocenters. The molecular formula is C12H25N3O. The van der Waals surface area contributed by atoms with Gasteiger partial charge in [0.05, 0.1) is 6.54 Å². The zero-order valence-electron chi connectivity index (χ0n) is 11.0. The molecule has 0 aromatic rings. The minimum absolute atomic E-state index is 0.234. The molecule has 1 fully saturated rings. The molecule has 0 spiro atoms. The molecule has 0 heterocycles. The molecule has 1 rings (SSSR count). The highest BCUT2D eigenvalue weighted by molar-refractivity contribution is 5.78. The molecule has 0 aromatic carbocycles. The molecule has 0 aliphatic heterocycles. The van der Waals surface area contributed by atoms with Gasteiger partial charge in [0.1, 0.15) is 0 Å². The van der Waals surface area contributed by atoms with Crippen LogP contribution in [-0.2, 0) is 4.79 Å². The van der Waals surface area contributed by atoms with Gasteiger partial charge in [-0.25, -0.2) is 0 Å². The van der Waals surface area contributed by atoms with Gasteiger partial charge in [0.15, 0.2) is 0 Å². The Morgan fingerprint density at radius 3 is 2.19 bits per heavy atom. The minimum Gasteiger partial charge on any atom is -0.342 e. The van der Waals surface area contributed by atoms with Gasteiger partial charge in [-0.15, -0.1) is 0 Å². The number of amides is 1. The number of rotatable bonds is 4. The molecule has 0 aromatic heterocycles. The zero-order valence-corrected chi connectivity index (χ0v) is 11.0. The monoisotopic (exact) mass is 227 g/mol. The van der Waals surface area contributed by atoms with E-state index in [0.717, 1.165) is 12.8 Å². The predicted octanol–water partition coefficient (Wildman–Crippen LogP) is 0.537. The molecule has 0 bridgehead atoms. The molecule has 0 saturated heterocycles. The van der Waals surface area contributed by atoms with Crippen molar-refractivity contribution in [2.75, 3.05) is 34.7 Å². The maximum Gasteiger partial charge on any atom is 0.236 e. The summed E-state index contributed by atoms with van der Waals surface area (Å²) >= 11 is 0. The standard InChI is InChI=1S/C12H25N3O/c1-13-10-5-7-11(8-6-10)15(4)12(16)9-14(2)3/h10-11,13H,5-9H2,1-4H3. The Morgan fingerprint density at radius 2 is 1.75 bits per heavy atom. The number of nitrogens with zero attached hydrogens (tertiary/aromatic N) is 2. The van der Waals surface area contributed by atoms with Crippen LogP contribution >= 0.6 is 0 Å². The molecule has 94 valence electrons. The normalized spacial score (nSPS) is 25.8. The van der Waals surface area contributed by atoms with E-state index in [-0.39, 0.29) is 5.91 Å². The highest BCUT2D eigenvalue weighted by Gasteiger charge is 2.25. The first-order chi connectivity index (χ1) is 7.54. The number of carbonyl (C=O) groups excluding carboxylic acids is 1. The van der Waals surface area contributed by atoms with E-state index in [9.17, 15) is 4.79 Å². The molecule has 0 radical (unpaired) electrons. The molecule has 1 amide bonds. The second-order valence-electron chi connectivity index (χ2n) is 5.04. The van der Waals surface area contributed by atoms with Crippen molar-refractivity contribution < 1.29 is 4.79 Å². The van der Waals surface area contributed by atoms with Crippen molar-refractivity contribution in [2.24, 2.45) is 0 Å². The molecular weight excluding hydrogens is 202 g/mol. The zero-order chi connectivity index (χ0) is 12.1. The van der Waals surface area contributed by atoms with Crippen molar-refractivity contribution >= 4 is 5.91 Å². The topological polar surface area (TPSA) is 35.6 Å². The van der Waals surface area contributed by atoms with Gasteiger partial charge in [-0.2, -0.15) is 0 Å². The Bertz CT molecular complexity index is 222. The van der Waals surface area contributed by atoms with Gasteiger partial charge in [-0.05, 0) is 46.8 Å². The number of carbonyl (C=O) groups is 1. The predicted molar refractivity (Wildman–Crippen MR) is 66.4 cm³/mol. The molecule has 4 heteroatoms. The van der Waals surface area contributed by atoms with Gasteiger partial charge in [0.25, 0.3) is 0 Å². The first-order valence-electron chi connectivity index (χ1n) is 6.12. The summed E-state index contributed by atoms with van der Waals surface area (Å²) in [6.07, 6.45) is 4.61. The molecule has 1 N–H and O–H groups in total. The van der Waals surface area contributed by atoms with Crippen LogP contribution in [0.1, 0.15) is 25.7 Å². The highest BCUT2D eigenvalue weighted by Crippen LogP contribution is 2.22. The van der Waals surface area contributed by atoms with E-state index in [0.29, 0.717) is 18.6 Å². The van der Waals surface area contributed by atoms with E-state index in [2.05, 4.69) is 5.32 Å². The van der Waals surface area contributed by atoms with E-state index in [1.54, 1.807) is 0 Å². The molecule has 4 nitrogen and oxygen atoms in total. The van der Waals surface area contributed by atoms with E-state index in [1.165, 1.54) is 12.8 Å². The summed E-state index contributed by atoms with van der Waals surface area (Å²) in [5, 5.41) is 3.31. The highest BCUT2D eigenvalue weighted by atomic mass is 16.2. The third kappa shape index (κ3) is 3.76. The van der Waals surface area contributed by atoms with Gasteiger partial charge in [-0.1, -0.05) is 0 Å². The first-order valence-corrected chi connectivity index (χ1v) is 6.12. The lowest BCUT2D eigenvalue weighted by atomic mass is 9.90. The number of hydrogen-bond donors (Lipinski definition) is 1. The lowest BCUT2D eigenvalue weighted by Gasteiger charge is -2.35. The quantitative estimate of drug-likeness (QED) is 0.761. The van der Waals surface area contributed by atoms with Gasteiger partial charge < -0.3 is 15.1 Å². The van der Waals surface area contributed by atoms with Crippen LogP contribution in [0.2, 0.25) is 0 Å². The van der Waals surface area contributed by atoms with Crippen molar-refractivity contribution in [3.63, 3.8) is 0 Å². The van der Waals surface area contributed by atoms with Crippen molar-refractivity contribution in [3.05, 3.63) is 0 Å². The van der Waals surface area contributed by atoms with Crippen molar-refractivity contribution in [3.8, 4) is 0 Å². The lowest BCUT2D eigenvalue weighted by Crippen LogP contribution is -2.45. The second kappa shape index (κ2) is 6.21. The smallest absolute Gasteiger partial charge is 0.236 e. The molecule has 16 heavy (non-hydrogen) atoms. The fourth-order valence-corrected chi connectivity index (χ4v) is 2.34. The first kappa shape index (κ1) is 13.5. The molecule has 1 aliphatic carbocycles.